The third-order valence-corrected chi connectivity index (χ3v) is 2.92. The normalized spacial score (nSPS) is 10.3. The van der Waals surface area contributed by atoms with Crippen molar-refractivity contribution >= 4 is 17.3 Å². The molecule has 0 unspecified atom stereocenters. The molecule has 0 spiro atoms. The molecule has 0 aliphatic rings. The van der Waals surface area contributed by atoms with Crippen LogP contribution in [0.4, 0.5) is 15.8 Å². The van der Waals surface area contributed by atoms with E-state index < -0.39 is 5.82 Å². The number of nitrogens with zero attached hydrogens (tertiary/aromatic N) is 2. The Morgan fingerprint density at radius 1 is 1.50 bits per heavy atom. The van der Waals surface area contributed by atoms with E-state index in [2.05, 4.69) is 11.4 Å². The topological polar surface area (TPSA) is 82.2 Å². The number of benzene rings is 1. The van der Waals surface area contributed by atoms with Crippen molar-refractivity contribution in [2.45, 2.75) is 19.8 Å². The first-order valence-electron chi connectivity index (χ1n) is 6.51. The molecule has 0 aliphatic carbocycles. The van der Waals surface area contributed by atoms with Gasteiger partial charge in [0.05, 0.1) is 11.8 Å². The Kier molecular flexibility index (Phi) is 6.47. The van der Waals surface area contributed by atoms with E-state index in [0.717, 1.165) is 6.54 Å². The molecule has 5 nitrogen and oxygen atoms in total. The van der Waals surface area contributed by atoms with Crippen LogP contribution < -0.4 is 11.1 Å². The molecule has 0 bridgehead atoms. The summed E-state index contributed by atoms with van der Waals surface area (Å²) in [5, 5.41) is 11.2. The number of halogens is 1. The summed E-state index contributed by atoms with van der Waals surface area (Å²) in [6.07, 6.45) is 0.764. The van der Waals surface area contributed by atoms with Crippen LogP contribution in [-0.4, -0.2) is 30.4 Å². The molecule has 0 heterocycles. The van der Waals surface area contributed by atoms with Crippen molar-refractivity contribution in [3.63, 3.8) is 0 Å². The van der Waals surface area contributed by atoms with E-state index in [0.29, 0.717) is 31.6 Å². The summed E-state index contributed by atoms with van der Waals surface area (Å²) in [4.78, 5) is 13.8. The molecule has 0 saturated carbocycles. The predicted molar refractivity (Wildman–Crippen MR) is 76.4 cm³/mol. The summed E-state index contributed by atoms with van der Waals surface area (Å²) in [5.41, 5.74) is 5.92. The Labute approximate surface area is 118 Å². The van der Waals surface area contributed by atoms with Gasteiger partial charge in [0, 0.05) is 31.6 Å². The third kappa shape index (κ3) is 5.24. The van der Waals surface area contributed by atoms with Gasteiger partial charge in [0.2, 0.25) is 5.91 Å². The van der Waals surface area contributed by atoms with Crippen molar-refractivity contribution in [1.82, 2.24) is 4.90 Å². The molecule has 1 aromatic carbocycles. The van der Waals surface area contributed by atoms with Crippen molar-refractivity contribution in [1.29, 1.82) is 5.26 Å². The van der Waals surface area contributed by atoms with E-state index in [9.17, 15) is 9.18 Å². The molecule has 1 rings (SSSR count). The van der Waals surface area contributed by atoms with Gasteiger partial charge in [-0.15, -0.1) is 0 Å². The van der Waals surface area contributed by atoms with Crippen LogP contribution in [0.1, 0.15) is 19.8 Å². The van der Waals surface area contributed by atoms with E-state index in [4.69, 9.17) is 11.0 Å². The predicted octanol–water partition coefficient (Wildman–Crippen LogP) is 1.97. The number of rotatable bonds is 7. The standard InChI is InChI=1S/C14H19FN4O/c1-2-19(8-3-7-16)9-6-14(20)18-11-4-5-12(15)13(17)10-11/h4-5,10H,2-3,6,8-9,17H2,1H3,(H,18,20). The van der Waals surface area contributed by atoms with Gasteiger partial charge in [-0.2, -0.15) is 5.26 Å². The number of hydrogen-bond acceptors (Lipinski definition) is 4. The lowest BCUT2D eigenvalue weighted by Crippen LogP contribution is -2.28. The van der Waals surface area contributed by atoms with Gasteiger partial charge in [0.1, 0.15) is 5.82 Å². The molecule has 0 aliphatic heterocycles. The molecule has 0 fully saturated rings. The molecule has 0 saturated heterocycles. The van der Waals surface area contributed by atoms with Crippen LogP contribution in [0.25, 0.3) is 0 Å². The SMILES string of the molecule is CCN(CCC#N)CCC(=O)Nc1ccc(F)c(N)c1. The minimum absolute atomic E-state index is 0.00649. The summed E-state index contributed by atoms with van der Waals surface area (Å²) in [6.45, 7) is 4.01. The molecular weight excluding hydrogens is 259 g/mol. The summed E-state index contributed by atoms with van der Waals surface area (Å²) in [7, 11) is 0. The largest absolute Gasteiger partial charge is 0.396 e. The summed E-state index contributed by atoms with van der Waals surface area (Å²) < 4.78 is 13.0. The molecule has 1 amide bonds. The average Bonchev–Trinajstić information content (AvgIpc) is 2.43. The van der Waals surface area contributed by atoms with Gasteiger partial charge in [-0.05, 0) is 24.7 Å². The first kappa shape index (κ1) is 15.9. The quantitative estimate of drug-likeness (QED) is 0.747. The highest BCUT2D eigenvalue weighted by Gasteiger charge is 2.08. The molecule has 6 heteroatoms. The highest BCUT2D eigenvalue weighted by Crippen LogP contribution is 2.16. The summed E-state index contributed by atoms with van der Waals surface area (Å²) >= 11 is 0. The fourth-order valence-electron chi connectivity index (χ4n) is 1.74. The monoisotopic (exact) mass is 278 g/mol. The van der Waals surface area contributed by atoms with Crippen LogP contribution in [0.5, 0.6) is 0 Å². The van der Waals surface area contributed by atoms with Crippen LogP contribution in [-0.2, 0) is 4.79 Å². The Morgan fingerprint density at radius 2 is 2.25 bits per heavy atom. The van der Waals surface area contributed by atoms with Crippen LogP contribution >= 0.6 is 0 Å². The Morgan fingerprint density at radius 3 is 2.85 bits per heavy atom. The first-order chi connectivity index (χ1) is 9.56. The number of nitrogens with one attached hydrogen (secondary N) is 1. The molecule has 0 radical (unpaired) electrons. The van der Waals surface area contributed by atoms with Gasteiger partial charge >= 0.3 is 0 Å². The number of anilines is 2. The van der Waals surface area contributed by atoms with Gasteiger partial charge in [-0.1, -0.05) is 6.92 Å². The lowest BCUT2D eigenvalue weighted by Gasteiger charge is -2.18. The van der Waals surface area contributed by atoms with Crippen molar-refractivity contribution in [2.24, 2.45) is 0 Å². The van der Waals surface area contributed by atoms with Gasteiger partial charge < -0.3 is 16.0 Å². The second-order valence-corrected chi connectivity index (χ2v) is 4.38. The number of carbonyl (C=O) groups excluding carboxylic acids is 1. The van der Waals surface area contributed by atoms with Crippen LogP contribution in [0.3, 0.4) is 0 Å². The fraction of sp³-hybridized carbons (Fsp3) is 0.429. The van der Waals surface area contributed by atoms with Gasteiger partial charge in [0.15, 0.2) is 0 Å². The first-order valence-corrected chi connectivity index (χ1v) is 6.51. The van der Waals surface area contributed by atoms with Crippen LogP contribution in [0, 0.1) is 17.1 Å². The molecule has 0 aromatic heterocycles. The van der Waals surface area contributed by atoms with Gasteiger partial charge in [-0.25, -0.2) is 4.39 Å². The number of nitriles is 1. The zero-order valence-electron chi connectivity index (χ0n) is 11.5. The minimum Gasteiger partial charge on any atom is -0.396 e. The Bertz CT molecular complexity index is 498. The second-order valence-electron chi connectivity index (χ2n) is 4.38. The molecule has 0 atom stereocenters. The zero-order valence-corrected chi connectivity index (χ0v) is 11.5. The summed E-state index contributed by atoms with van der Waals surface area (Å²) in [5.74, 6) is -0.664. The van der Waals surface area contributed by atoms with E-state index in [1.54, 1.807) is 0 Å². The Hall–Kier alpha value is -2.13. The number of carbonyl (C=O) groups is 1. The molecule has 3 N–H and O–H groups in total. The number of amides is 1. The maximum Gasteiger partial charge on any atom is 0.225 e. The number of nitrogens with two attached hydrogens (primary N) is 1. The van der Waals surface area contributed by atoms with Crippen LogP contribution in [0.2, 0.25) is 0 Å². The van der Waals surface area contributed by atoms with Crippen molar-refractivity contribution in [3.8, 4) is 6.07 Å². The van der Waals surface area contributed by atoms with E-state index in [1.807, 2.05) is 11.8 Å². The lowest BCUT2D eigenvalue weighted by atomic mass is 10.2. The maximum absolute atomic E-state index is 13.0. The van der Waals surface area contributed by atoms with E-state index in [-0.39, 0.29) is 11.6 Å². The fourth-order valence-corrected chi connectivity index (χ4v) is 1.74. The smallest absolute Gasteiger partial charge is 0.225 e. The molecule has 108 valence electrons. The van der Waals surface area contributed by atoms with Crippen molar-refractivity contribution in [3.05, 3.63) is 24.0 Å². The van der Waals surface area contributed by atoms with Gasteiger partial charge in [0.25, 0.3) is 0 Å². The highest BCUT2D eigenvalue weighted by molar-refractivity contribution is 5.91. The van der Waals surface area contributed by atoms with Gasteiger partial charge in [-0.3, -0.25) is 4.79 Å². The minimum atomic E-state index is -0.503. The summed E-state index contributed by atoms with van der Waals surface area (Å²) in [6, 6.07) is 6.16. The Balaban J connectivity index is 2.43. The van der Waals surface area contributed by atoms with Crippen molar-refractivity contribution < 1.29 is 9.18 Å². The zero-order chi connectivity index (χ0) is 15.0. The molecular formula is C14H19FN4O. The average molecular weight is 278 g/mol. The van der Waals surface area contributed by atoms with Crippen LogP contribution in [0.15, 0.2) is 18.2 Å². The van der Waals surface area contributed by atoms with E-state index in [1.165, 1.54) is 18.2 Å². The number of hydrogen-bond donors (Lipinski definition) is 2. The maximum atomic E-state index is 13.0. The van der Waals surface area contributed by atoms with Crippen molar-refractivity contribution in [2.75, 3.05) is 30.7 Å². The molecule has 20 heavy (non-hydrogen) atoms. The second kappa shape index (κ2) is 8.12. The highest BCUT2D eigenvalue weighted by atomic mass is 19.1. The van der Waals surface area contributed by atoms with E-state index >= 15 is 0 Å². The molecule has 1 aromatic rings. The number of nitrogen functional groups attached to an aromatic ring is 1. The third-order valence-electron chi connectivity index (χ3n) is 2.92. The lowest BCUT2D eigenvalue weighted by molar-refractivity contribution is -0.116.